The van der Waals surface area contributed by atoms with Crippen molar-refractivity contribution in [2.24, 2.45) is 0 Å². The highest BCUT2D eigenvalue weighted by Crippen LogP contribution is 2.30. The summed E-state index contributed by atoms with van der Waals surface area (Å²) in [7, 11) is 1.75. The second-order valence-corrected chi connectivity index (χ2v) is 8.40. The first kappa shape index (κ1) is 20.6. The van der Waals surface area contributed by atoms with Gasteiger partial charge in [-0.3, -0.25) is 4.90 Å². The maximum absolute atomic E-state index is 5.59. The molecule has 1 saturated heterocycles. The van der Waals surface area contributed by atoms with E-state index in [1.807, 2.05) is 12.1 Å². The van der Waals surface area contributed by atoms with Gasteiger partial charge in [0.25, 0.3) is 0 Å². The summed E-state index contributed by atoms with van der Waals surface area (Å²) in [5.41, 5.74) is 4.77. The van der Waals surface area contributed by atoms with Crippen molar-refractivity contribution in [3.05, 3.63) is 90.3 Å². The Morgan fingerprint density at radius 1 is 0.844 bits per heavy atom. The molecule has 1 unspecified atom stereocenters. The summed E-state index contributed by atoms with van der Waals surface area (Å²) in [5, 5.41) is 0. The van der Waals surface area contributed by atoms with Crippen LogP contribution >= 0.6 is 0 Å². The molecular formula is C27H30N4O. The molecule has 4 aromatic rings. The van der Waals surface area contributed by atoms with E-state index in [1.165, 1.54) is 16.8 Å². The van der Waals surface area contributed by atoms with E-state index in [9.17, 15) is 0 Å². The minimum atomic E-state index is 0.224. The van der Waals surface area contributed by atoms with Crippen LogP contribution in [0.4, 0.5) is 5.69 Å². The van der Waals surface area contributed by atoms with Crippen molar-refractivity contribution < 1.29 is 4.74 Å². The maximum Gasteiger partial charge on any atom is 0.142 e. The minimum Gasteiger partial charge on any atom is -0.495 e. The number of imidazole rings is 1. The van der Waals surface area contributed by atoms with Gasteiger partial charge >= 0.3 is 0 Å². The van der Waals surface area contributed by atoms with Gasteiger partial charge in [0.1, 0.15) is 11.6 Å². The lowest BCUT2D eigenvalue weighted by Crippen LogP contribution is -2.48. The molecule has 1 aliphatic rings. The van der Waals surface area contributed by atoms with E-state index < -0.39 is 0 Å². The van der Waals surface area contributed by atoms with Crippen LogP contribution in [0.5, 0.6) is 5.75 Å². The number of methoxy groups -OCH3 is 1. The van der Waals surface area contributed by atoms with Gasteiger partial charge in [-0.05, 0) is 36.8 Å². The molecule has 0 spiro atoms. The van der Waals surface area contributed by atoms with Crippen LogP contribution < -0.4 is 9.64 Å². The molecule has 5 rings (SSSR count). The number of aromatic nitrogens is 2. The molecule has 0 amide bonds. The van der Waals surface area contributed by atoms with Gasteiger partial charge in [0.05, 0.1) is 29.9 Å². The number of fused-ring (bicyclic) bond motifs is 1. The first-order valence-corrected chi connectivity index (χ1v) is 11.3. The Kier molecular flexibility index (Phi) is 5.82. The van der Waals surface area contributed by atoms with Gasteiger partial charge in [-0.25, -0.2) is 4.98 Å². The van der Waals surface area contributed by atoms with Crippen LogP contribution in [0.15, 0.2) is 78.9 Å². The number of piperazine rings is 1. The number of rotatable bonds is 6. The number of hydrogen-bond acceptors (Lipinski definition) is 4. The van der Waals surface area contributed by atoms with Crippen molar-refractivity contribution in [3.8, 4) is 5.75 Å². The van der Waals surface area contributed by atoms with Crippen LogP contribution in [0.25, 0.3) is 11.0 Å². The fourth-order valence-corrected chi connectivity index (χ4v) is 4.88. The summed E-state index contributed by atoms with van der Waals surface area (Å²) >= 11 is 0. The number of benzene rings is 3. The third-order valence-electron chi connectivity index (χ3n) is 6.50. The van der Waals surface area contributed by atoms with Gasteiger partial charge in [0.15, 0.2) is 0 Å². The fourth-order valence-electron chi connectivity index (χ4n) is 4.88. The van der Waals surface area contributed by atoms with E-state index in [4.69, 9.17) is 9.72 Å². The Hall–Kier alpha value is -3.31. The van der Waals surface area contributed by atoms with E-state index in [-0.39, 0.29) is 6.04 Å². The number of nitrogens with zero attached hydrogens (tertiary/aromatic N) is 4. The lowest BCUT2D eigenvalue weighted by Gasteiger charge is -2.38. The predicted octanol–water partition coefficient (Wildman–Crippen LogP) is 4.76. The Balaban J connectivity index is 1.39. The number of hydrogen-bond donors (Lipinski definition) is 0. The van der Waals surface area contributed by atoms with Crippen LogP contribution in [0.1, 0.15) is 17.4 Å². The molecule has 32 heavy (non-hydrogen) atoms. The maximum atomic E-state index is 5.59. The molecule has 1 fully saturated rings. The molecule has 1 aromatic heterocycles. The lowest BCUT2D eigenvalue weighted by molar-refractivity contribution is 0.232. The van der Waals surface area contributed by atoms with E-state index in [2.05, 4.69) is 88.0 Å². The van der Waals surface area contributed by atoms with Gasteiger partial charge in [-0.2, -0.15) is 0 Å². The summed E-state index contributed by atoms with van der Waals surface area (Å²) in [6, 6.07) is 27.8. The zero-order chi connectivity index (χ0) is 21.9. The fraction of sp³-hybridized carbons (Fsp3) is 0.296. The highest BCUT2D eigenvalue weighted by Gasteiger charge is 2.25. The van der Waals surface area contributed by atoms with Crippen molar-refractivity contribution in [1.29, 1.82) is 0 Å². The molecule has 0 bridgehead atoms. The Morgan fingerprint density at radius 2 is 1.53 bits per heavy atom. The molecular weight excluding hydrogens is 396 g/mol. The van der Waals surface area contributed by atoms with E-state index in [0.29, 0.717) is 0 Å². The zero-order valence-corrected chi connectivity index (χ0v) is 18.8. The summed E-state index contributed by atoms with van der Waals surface area (Å²) in [5.74, 6) is 2.01. The summed E-state index contributed by atoms with van der Waals surface area (Å²) in [6.45, 7) is 7.11. The molecule has 0 radical (unpaired) electrons. The predicted molar refractivity (Wildman–Crippen MR) is 131 cm³/mol. The minimum absolute atomic E-state index is 0.224. The standard InChI is InChI=1S/C27H30N4O/c1-21-28-23-12-6-7-13-24(23)31(21)26(22-10-4-3-5-11-22)20-29-16-18-30(19-17-29)25-14-8-9-15-27(25)32-2/h3-15,26H,16-20H2,1-2H3. The van der Waals surface area contributed by atoms with Gasteiger partial charge in [0, 0.05) is 32.7 Å². The lowest BCUT2D eigenvalue weighted by atomic mass is 10.0. The second-order valence-electron chi connectivity index (χ2n) is 8.40. The van der Waals surface area contributed by atoms with Crippen molar-refractivity contribution >= 4 is 16.7 Å². The van der Waals surface area contributed by atoms with Crippen LogP contribution in [0, 0.1) is 6.92 Å². The smallest absolute Gasteiger partial charge is 0.142 e. The molecule has 164 valence electrons. The molecule has 5 heteroatoms. The van der Waals surface area contributed by atoms with Crippen LogP contribution in [0.3, 0.4) is 0 Å². The number of ether oxygens (including phenoxy) is 1. The van der Waals surface area contributed by atoms with Crippen molar-refractivity contribution in [2.45, 2.75) is 13.0 Å². The summed E-state index contributed by atoms with van der Waals surface area (Å²) in [6.07, 6.45) is 0. The average molecular weight is 427 g/mol. The van der Waals surface area contributed by atoms with E-state index >= 15 is 0 Å². The highest BCUT2D eigenvalue weighted by molar-refractivity contribution is 5.76. The summed E-state index contributed by atoms with van der Waals surface area (Å²) in [4.78, 5) is 9.86. The van der Waals surface area contributed by atoms with Crippen LogP contribution in [-0.4, -0.2) is 54.3 Å². The third-order valence-corrected chi connectivity index (χ3v) is 6.50. The zero-order valence-electron chi connectivity index (χ0n) is 18.8. The molecule has 3 aromatic carbocycles. The second kappa shape index (κ2) is 9.05. The Labute approximate surface area is 189 Å². The first-order valence-electron chi connectivity index (χ1n) is 11.3. The monoisotopic (exact) mass is 426 g/mol. The molecule has 5 nitrogen and oxygen atoms in total. The van der Waals surface area contributed by atoms with Crippen molar-refractivity contribution in [3.63, 3.8) is 0 Å². The highest BCUT2D eigenvalue weighted by atomic mass is 16.5. The quantitative estimate of drug-likeness (QED) is 0.445. The van der Waals surface area contributed by atoms with Crippen LogP contribution in [0.2, 0.25) is 0 Å². The molecule has 1 atom stereocenters. The largest absolute Gasteiger partial charge is 0.495 e. The van der Waals surface area contributed by atoms with E-state index in [1.54, 1.807) is 7.11 Å². The van der Waals surface area contributed by atoms with Crippen molar-refractivity contribution in [2.75, 3.05) is 44.7 Å². The summed E-state index contributed by atoms with van der Waals surface area (Å²) < 4.78 is 8.00. The molecule has 0 N–H and O–H groups in total. The number of anilines is 1. The van der Waals surface area contributed by atoms with Crippen LogP contribution in [-0.2, 0) is 0 Å². The molecule has 0 saturated carbocycles. The average Bonchev–Trinajstić information content (AvgIpc) is 3.19. The van der Waals surface area contributed by atoms with Gasteiger partial charge < -0.3 is 14.2 Å². The number of aryl methyl sites for hydroxylation is 1. The third kappa shape index (κ3) is 3.96. The van der Waals surface area contributed by atoms with E-state index in [0.717, 1.165) is 49.8 Å². The number of para-hydroxylation sites is 4. The van der Waals surface area contributed by atoms with Gasteiger partial charge in [0.2, 0.25) is 0 Å². The van der Waals surface area contributed by atoms with Crippen molar-refractivity contribution in [1.82, 2.24) is 14.5 Å². The topological polar surface area (TPSA) is 33.5 Å². The Morgan fingerprint density at radius 3 is 2.31 bits per heavy atom. The van der Waals surface area contributed by atoms with Gasteiger partial charge in [-0.1, -0.05) is 54.6 Å². The van der Waals surface area contributed by atoms with Gasteiger partial charge in [-0.15, -0.1) is 0 Å². The molecule has 1 aliphatic heterocycles. The Bertz CT molecular complexity index is 1180. The first-order chi connectivity index (χ1) is 15.7. The SMILES string of the molecule is COc1ccccc1N1CCN(CC(c2ccccc2)n2c(C)nc3ccccc32)CC1. The molecule has 2 heterocycles. The molecule has 0 aliphatic carbocycles. The normalized spacial score (nSPS) is 15.8.